The van der Waals surface area contributed by atoms with E-state index in [1.807, 2.05) is 45.2 Å². The Morgan fingerprint density at radius 3 is 2.66 bits per heavy atom. The van der Waals surface area contributed by atoms with Crippen molar-refractivity contribution in [3.8, 4) is 0 Å². The molecule has 4 rings (SSSR count). The Kier molecular flexibility index (Phi) is 10.1. The first-order chi connectivity index (χ1) is 19.3. The number of halogens is 1. The van der Waals surface area contributed by atoms with Crippen LogP contribution in [0, 0.1) is 0 Å². The number of nitrogens with zero attached hydrogens (tertiary/aromatic N) is 6. The van der Waals surface area contributed by atoms with Crippen LogP contribution in [-0.4, -0.2) is 84.8 Å². The minimum Gasteiger partial charge on any atom is -0.444 e. The predicted octanol–water partition coefficient (Wildman–Crippen LogP) is 5.31. The third-order valence-corrected chi connectivity index (χ3v) is 8.45. The average molecular weight is 668 g/mol. The summed E-state index contributed by atoms with van der Waals surface area (Å²) in [4.78, 5) is 26.4. The van der Waals surface area contributed by atoms with E-state index in [0.717, 1.165) is 32.6 Å². The molecule has 0 saturated heterocycles. The van der Waals surface area contributed by atoms with Crippen molar-refractivity contribution < 1.29 is 14.3 Å². The second-order valence-corrected chi connectivity index (χ2v) is 17.6. The van der Waals surface area contributed by atoms with E-state index in [-0.39, 0.29) is 0 Å². The van der Waals surface area contributed by atoms with Crippen LogP contribution >= 0.6 is 37.7 Å². The topological polar surface area (TPSA) is 120 Å². The van der Waals surface area contributed by atoms with Gasteiger partial charge in [0.15, 0.2) is 10.8 Å². The molecule has 0 spiro atoms. The normalized spacial score (nSPS) is 12.7. The maximum atomic E-state index is 12.2. The molecule has 0 aliphatic rings. The fourth-order valence-corrected chi connectivity index (χ4v) is 5.33. The number of nitrogens with one attached hydrogen (secondary N) is 2. The maximum Gasteiger partial charge on any atom is 0.407 e. The number of para-hydroxylation sites is 1. The van der Waals surface area contributed by atoms with E-state index >= 15 is 0 Å². The molecular weight excluding hydrogens is 628 g/mol. The van der Waals surface area contributed by atoms with Crippen molar-refractivity contribution in [1.29, 1.82) is 0 Å². The van der Waals surface area contributed by atoms with Gasteiger partial charge in [0.1, 0.15) is 18.2 Å². The summed E-state index contributed by atoms with van der Waals surface area (Å²) in [5.74, 6) is 2.40. The minimum atomic E-state index is -0.662. The van der Waals surface area contributed by atoms with Crippen LogP contribution in [-0.2, 0) is 29.2 Å². The van der Waals surface area contributed by atoms with Crippen molar-refractivity contribution in [3.05, 3.63) is 40.3 Å². The fourth-order valence-electron chi connectivity index (χ4n) is 4.01. The summed E-state index contributed by atoms with van der Waals surface area (Å²) < 4.78 is 16.1. The zero-order valence-electron chi connectivity index (χ0n) is 24.7. The molecule has 0 fully saturated rings. The maximum absolute atomic E-state index is 12.2. The Morgan fingerprint density at radius 2 is 1.95 bits per heavy atom. The van der Waals surface area contributed by atoms with Gasteiger partial charge in [0, 0.05) is 12.3 Å². The highest BCUT2D eigenvalue weighted by molar-refractivity contribution is 9.10. The fraction of sp³-hybridized carbons (Fsp3) is 0.519. The first kappa shape index (κ1) is 31.4. The second-order valence-electron chi connectivity index (χ2n) is 11.4. The van der Waals surface area contributed by atoms with Gasteiger partial charge < -0.3 is 24.7 Å². The highest BCUT2D eigenvalue weighted by Crippen LogP contribution is 2.33. The lowest BCUT2D eigenvalue weighted by Gasteiger charge is -2.24. The highest BCUT2D eigenvalue weighted by Gasteiger charge is 2.18. The van der Waals surface area contributed by atoms with E-state index < -0.39 is 21.7 Å². The van der Waals surface area contributed by atoms with Crippen molar-refractivity contribution in [2.24, 2.45) is 0 Å². The van der Waals surface area contributed by atoms with Crippen LogP contribution < -0.4 is 10.6 Å². The van der Waals surface area contributed by atoms with E-state index in [1.54, 1.807) is 10.7 Å². The largest absolute Gasteiger partial charge is 0.444 e. The van der Waals surface area contributed by atoms with Crippen molar-refractivity contribution in [3.63, 3.8) is 0 Å². The number of anilines is 1. The SMILES string of the molecule is CSc1nc(NCc2nc3c(CCNC(=O)OC(C)(C)C)cccc3n2COCCS(C)(C)C)n2ncc(Br)c2n1. The number of amides is 1. The van der Waals surface area contributed by atoms with E-state index in [2.05, 4.69) is 65.0 Å². The van der Waals surface area contributed by atoms with Gasteiger partial charge in [-0.1, -0.05) is 23.9 Å². The number of fused-ring (bicyclic) bond motifs is 2. The zero-order chi connectivity index (χ0) is 29.8. The van der Waals surface area contributed by atoms with Crippen molar-refractivity contribution >= 4 is 66.4 Å². The van der Waals surface area contributed by atoms with E-state index in [4.69, 9.17) is 14.5 Å². The van der Waals surface area contributed by atoms with Crippen molar-refractivity contribution in [2.45, 2.75) is 51.2 Å². The molecule has 0 aliphatic carbocycles. The van der Waals surface area contributed by atoms with Crippen LogP contribution in [0.15, 0.2) is 34.0 Å². The number of rotatable bonds is 12. The molecule has 3 aromatic heterocycles. The standard InChI is InChI=1S/C27H39BrN8O3S2/c1-27(2,3)39-26(37)29-12-11-18-9-8-10-20-22(18)32-21(35(20)17-38-13-14-41(5,6)7)16-30-24-34-25(40-4)33-23-19(28)15-31-36(23)24/h8-10,15H,11-14,16-17H2,1-7H3,(H,29,37)(H,30,33,34). The second kappa shape index (κ2) is 13.2. The Bertz CT molecular complexity index is 1510. The summed E-state index contributed by atoms with van der Waals surface area (Å²) in [6.45, 7) is 7.43. The summed E-state index contributed by atoms with van der Waals surface area (Å²) >= 11 is 4.99. The molecule has 0 saturated carbocycles. The summed E-state index contributed by atoms with van der Waals surface area (Å²) in [7, 11) is -0.662. The predicted molar refractivity (Wildman–Crippen MR) is 171 cm³/mol. The van der Waals surface area contributed by atoms with Crippen LogP contribution in [0.2, 0.25) is 0 Å². The summed E-state index contributed by atoms with van der Waals surface area (Å²) in [5, 5.41) is 11.3. The smallest absolute Gasteiger partial charge is 0.407 e. The van der Waals surface area contributed by atoms with Crippen LogP contribution in [0.5, 0.6) is 0 Å². The number of thioether (sulfide) groups is 1. The number of ether oxygens (including phenoxy) is 2. The lowest BCUT2D eigenvalue weighted by molar-refractivity contribution is 0.0528. The molecule has 3 heterocycles. The average Bonchev–Trinajstić information content (AvgIpc) is 3.44. The number of imidazole rings is 1. The first-order valence-corrected chi connectivity index (χ1v) is 18.3. The number of hydrogen-bond acceptors (Lipinski definition) is 9. The monoisotopic (exact) mass is 666 g/mol. The van der Waals surface area contributed by atoms with Gasteiger partial charge in [-0.2, -0.15) is 14.6 Å². The molecule has 0 atom stereocenters. The van der Waals surface area contributed by atoms with Gasteiger partial charge in [0.2, 0.25) is 5.95 Å². The molecule has 41 heavy (non-hydrogen) atoms. The number of hydrogen-bond donors (Lipinski definition) is 2. The number of carbonyl (C=O) groups is 1. The van der Waals surface area contributed by atoms with Gasteiger partial charge in [0.25, 0.3) is 0 Å². The first-order valence-electron chi connectivity index (χ1n) is 13.2. The quantitative estimate of drug-likeness (QED) is 0.153. The molecule has 1 aromatic carbocycles. The Labute approximate surface area is 255 Å². The van der Waals surface area contributed by atoms with Crippen molar-refractivity contribution in [2.75, 3.05) is 49.2 Å². The van der Waals surface area contributed by atoms with Gasteiger partial charge in [-0.05, 0) is 79.8 Å². The highest BCUT2D eigenvalue weighted by atomic mass is 79.9. The van der Waals surface area contributed by atoms with Crippen LogP contribution in [0.1, 0.15) is 32.2 Å². The molecular formula is C27H39BrN8O3S2. The zero-order valence-corrected chi connectivity index (χ0v) is 27.9. The van der Waals surface area contributed by atoms with E-state index in [9.17, 15) is 4.79 Å². The Hall–Kier alpha value is -2.55. The van der Waals surface area contributed by atoms with E-state index in [1.165, 1.54) is 11.8 Å². The third-order valence-electron chi connectivity index (χ3n) is 5.96. The van der Waals surface area contributed by atoms with Gasteiger partial charge in [-0.15, -0.1) is 0 Å². The number of carbonyl (C=O) groups excluding carboxylic acids is 1. The molecule has 4 aromatic rings. The molecule has 11 nitrogen and oxygen atoms in total. The Morgan fingerprint density at radius 1 is 1.17 bits per heavy atom. The molecule has 0 radical (unpaired) electrons. The van der Waals surface area contributed by atoms with Crippen LogP contribution in [0.3, 0.4) is 0 Å². The summed E-state index contributed by atoms with van der Waals surface area (Å²) in [6.07, 6.45) is 10.7. The lowest BCUT2D eigenvalue weighted by Crippen LogP contribution is -2.33. The molecule has 0 aliphatic heterocycles. The van der Waals surface area contributed by atoms with Gasteiger partial charge in [-0.25, -0.2) is 24.8 Å². The molecule has 1 amide bonds. The number of aromatic nitrogens is 6. The molecule has 0 bridgehead atoms. The summed E-state index contributed by atoms with van der Waals surface area (Å²) in [5.41, 5.74) is 3.02. The summed E-state index contributed by atoms with van der Waals surface area (Å²) in [6, 6.07) is 6.10. The number of alkyl carbamates (subject to hydrolysis) is 1. The van der Waals surface area contributed by atoms with Gasteiger partial charge in [0.05, 0.1) is 34.9 Å². The molecule has 2 N–H and O–H groups in total. The van der Waals surface area contributed by atoms with Crippen molar-refractivity contribution in [1.82, 2.24) is 34.4 Å². The van der Waals surface area contributed by atoms with Crippen LogP contribution in [0.4, 0.5) is 10.7 Å². The Balaban J connectivity index is 1.59. The molecule has 224 valence electrons. The van der Waals surface area contributed by atoms with E-state index in [0.29, 0.717) is 49.6 Å². The van der Waals surface area contributed by atoms with Crippen LogP contribution in [0.25, 0.3) is 16.7 Å². The van der Waals surface area contributed by atoms with Gasteiger partial charge >= 0.3 is 6.09 Å². The minimum absolute atomic E-state index is 0.380. The molecule has 0 unspecified atom stereocenters. The molecule has 14 heteroatoms. The lowest BCUT2D eigenvalue weighted by atomic mass is 10.1. The third kappa shape index (κ3) is 8.49. The number of benzene rings is 1. The van der Waals surface area contributed by atoms with Gasteiger partial charge in [-0.3, -0.25) is 0 Å².